The van der Waals surface area contributed by atoms with Gasteiger partial charge in [0, 0.05) is 16.2 Å². The molecule has 2 aliphatic carbocycles. The Hall–Kier alpha value is -1.63. The molecule has 7 heteroatoms. The van der Waals surface area contributed by atoms with Crippen molar-refractivity contribution in [3.63, 3.8) is 0 Å². The van der Waals surface area contributed by atoms with Crippen molar-refractivity contribution in [2.24, 2.45) is 0 Å². The largest absolute Gasteiger partial charge is 0.479 e. The summed E-state index contributed by atoms with van der Waals surface area (Å²) in [5, 5.41) is 17.8. The van der Waals surface area contributed by atoms with Gasteiger partial charge in [-0.25, -0.2) is 19.4 Å². The average molecular weight is 259 g/mol. The Morgan fingerprint density at radius 3 is 2.47 bits per heavy atom. The molecule has 0 radical (unpaired) electrons. The standard InChI is InChI=1S/C10H7ClO6/c11-7-3-5-1-2-6(7)10(5,9(14)15)17-16-4-8(12)13/h1-3H,4H2,(H,12,13)(H,14,15). The molecule has 0 aromatic rings. The lowest BCUT2D eigenvalue weighted by Gasteiger charge is -2.23. The Morgan fingerprint density at radius 2 is 2.06 bits per heavy atom. The van der Waals surface area contributed by atoms with Crippen LogP contribution < -0.4 is 0 Å². The van der Waals surface area contributed by atoms with E-state index in [0.717, 1.165) is 0 Å². The summed E-state index contributed by atoms with van der Waals surface area (Å²) in [6.07, 6.45) is 4.46. The van der Waals surface area contributed by atoms with Crippen LogP contribution in [0.4, 0.5) is 0 Å². The summed E-state index contributed by atoms with van der Waals surface area (Å²) < 4.78 is 0. The van der Waals surface area contributed by atoms with Crippen LogP contribution in [0.2, 0.25) is 0 Å². The number of hydrogen-bond donors (Lipinski definition) is 2. The molecular formula is C10H7ClO6. The monoisotopic (exact) mass is 258 g/mol. The lowest BCUT2D eigenvalue weighted by molar-refractivity contribution is -0.330. The Morgan fingerprint density at radius 1 is 1.35 bits per heavy atom. The van der Waals surface area contributed by atoms with Gasteiger partial charge in [0.05, 0.1) is 0 Å². The maximum Gasteiger partial charge on any atom is 0.348 e. The smallest absolute Gasteiger partial charge is 0.348 e. The fraction of sp³-hybridized carbons (Fsp3) is 0.200. The molecule has 0 aromatic heterocycles. The summed E-state index contributed by atoms with van der Waals surface area (Å²) in [4.78, 5) is 30.7. The third-order valence-corrected chi connectivity index (χ3v) is 2.74. The van der Waals surface area contributed by atoms with E-state index in [0.29, 0.717) is 5.57 Å². The van der Waals surface area contributed by atoms with Crippen LogP contribution >= 0.6 is 11.6 Å². The van der Waals surface area contributed by atoms with Crippen molar-refractivity contribution < 1.29 is 29.6 Å². The van der Waals surface area contributed by atoms with Crippen LogP contribution in [-0.4, -0.2) is 34.4 Å². The molecule has 90 valence electrons. The normalized spacial score (nSPS) is 25.4. The summed E-state index contributed by atoms with van der Waals surface area (Å²) in [5.41, 5.74) is -1.31. The third kappa shape index (κ3) is 1.66. The molecule has 2 bridgehead atoms. The molecule has 0 aromatic carbocycles. The number of fused-ring (bicyclic) bond motifs is 2. The van der Waals surface area contributed by atoms with Gasteiger partial charge in [-0.05, 0) is 6.08 Å². The second-order valence-electron chi connectivity index (χ2n) is 3.42. The number of aliphatic carboxylic acids is 2. The highest BCUT2D eigenvalue weighted by atomic mass is 35.5. The highest BCUT2D eigenvalue weighted by Gasteiger charge is 2.55. The Bertz CT molecular complexity index is 489. The minimum absolute atomic E-state index is 0.229. The van der Waals surface area contributed by atoms with Gasteiger partial charge in [0.25, 0.3) is 5.60 Å². The van der Waals surface area contributed by atoms with Crippen molar-refractivity contribution in [3.8, 4) is 0 Å². The highest BCUT2D eigenvalue weighted by Crippen LogP contribution is 2.47. The topological polar surface area (TPSA) is 93.1 Å². The van der Waals surface area contributed by atoms with Gasteiger partial charge in [0.2, 0.25) is 0 Å². The molecule has 0 heterocycles. The number of allylic oxidation sites excluding steroid dienone is 2. The summed E-state index contributed by atoms with van der Waals surface area (Å²) >= 11 is 5.82. The minimum Gasteiger partial charge on any atom is -0.479 e. The van der Waals surface area contributed by atoms with E-state index in [4.69, 9.17) is 21.6 Å². The van der Waals surface area contributed by atoms with Gasteiger partial charge in [-0.1, -0.05) is 23.8 Å². The van der Waals surface area contributed by atoms with E-state index in [1.807, 2.05) is 0 Å². The van der Waals surface area contributed by atoms with Gasteiger partial charge < -0.3 is 10.2 Å². The first-order valence-corrected chi connectivity index (χ1v) is 4.92. The lowest BCUT2D eigenvalue weighted by atomic mass is 9.97. The number of carbonyl (C=O) groups is 2. The van der Waals surface area contributed by atoms with Crippen molar-refractivity contribution in [2.75, 3.05) is 6.61 Å². The van der Waals surface area contributed by atoms with Crippen LogP contribution in [0.25, 0.3) is 0 Å². The maximum atomic E-state index is 11.3. The van der Waals surface area contributed by atoms with Gasteiger partial charge in [-0.15, -0.1) is 0 Å². The molecule has 1 atom stereocenters. The molecule has 2 N–H and O–H groups in total. The van der Waals surface area contributed by atoms with Gasteiger partial charge in [-0.2, -0.15) is 0 Å². The molecule has 2 aliphatic rings. The van der Waals surface area contributed by atoms with Crippen LogP contribution in [0.15, 0.2) is 34.4 Å². The van der Waals surface area contributed by atoms with Crippen molar-refractivity contribution in [1.82, 2.24) is 0 Å². The molecule has 17 heavy (non-hydrogen) atoms. The molecule has 2 rings (SSSR count). The van der Waals surface area contributed by atoms with Crippen molar-refractivity contribution >= 4 is 23.5 Å². The Labute approximate surface area is 100 Å². The number of carboxylic acids is 2. The van der Waals surface area contributed by atoms with E-state index < -0.39 is 24.1 Å². The molecule has 0 saturated carbocycles. The molecule has 0 spiro atoms. The molecule has 0 saturated heterocycles. The van der Waals surface area contributed by atoms with Crippen molar-refractivity contribution in [1.29, 1.82) is 0 Å². The number of rotatable bonds is 5. The maximum absolute atomic E-state index is 11.3. The summed E-state index contributed by atoms with van der Waals surface area (Å²) in [6.45, 7) is -0.757. The van der Waals surface area contributed by atoms with Crippen LogP contribution in [-0.2, 0) is 19.4 Å². The van der Waals surface area contributed by atoms with E-state index in [1.54, 1.807) is 0 Å². The second kappa shape index (κ2) is 3.99. The van der Waals surface area contributed by atoms with E-state index in [1.165, 1.54) is 18.2 Å². The fourth-order valence-electron chi connectivity index (χ4n) is 1.71. The second-order valence-corrected chi connectivity index (χ2v) is 3.83. The predicted octanol–water partition coefficient (Wildman–Crippen LogP) is 0.845. The molecule has 1 unspecified atom stereocenters. The predicted molar refractivity (Wildman–Crippen MR) is 55.1 cm³/mol. The Kier molecular flexibility index (Phi) is 2.78. The summed E-state index contributed by atoms with van der Waals surface area (Å²) in [7, 11) is 0. The molecular weight excluding hydrogens is 252 g/mol. The third-order valence-electron chi connectivity index (χ3n) is 2.42. The van der Waals surface area contributed by atoms with Crippen molar-refractivity contribution in [3.05, 3.63) is 34.4 Å². The first-order chi connectivity index (χ1) is 7.98. The van der Waals surface area contributed by atoms with Gasteiger partial charge in [0.15, 0.2) is 6.61 Å². The highest BCUT2D eigenvalue weighted by molar-refractivity contribution is 6.34. The first kappa shape index (κ1) is 11.8. The summed E-state index contributed by atoms with van der Waals surface area (Å²) in [5.74, 6) is -2.58. The van der Waals surface area contributed by atoms with Gasteiger partial charge in [-0.3, -0.25) is 0 Å². The van der Waals surface area contributed by atoms with E-state index in [2.05, 4.69) is 4.89 Å². The van der Waals surface area contributed by atoms with Gasteiger partial charge >= 0.3 is 11.9 Å². The molecule has 0 amide bonds. The number of halogens is 1. The zero-order chi connectivity index (χ0) is 12.6. The quantitative estimate of drug-likeness (QED) is 0.561. The van der Waals surface area contributed by atoms with E-state index in [9.17, 15) is 14.7 Å². The van der Waals surface area contributed by atoms with Crippen LogP contribution in [0, 0.1) is 0 Å². The minimum atomic E-state index is -1.84. The van der Waals surface area contributed by atoms with Crippen LogP contribution in [0.1, 0.15) is 0 Å². The average Bonchev–Trinajstić information content (AvgIpc) is 2.70. The van der Waals surface area contributed by atoms with E-state index >= 15 is 0 Å². The Balaban J connectivity index is 2.21. The zero-order valence-corrected chi connectivity index (χ0v) is 9.10. The lowest BCUT2D eigenvalue weighted by Crippen LogP contribution is -2.41. The molecule has 0 fully saturated rings. The first-order valence-electron chi connectivity index (χ1n) is 4.55. The molecule has 6 nitrogen and oxygen atoms in total. The SMILES string of the molecule is O=C(O)COOC1(C(=O)O)C2=CC=C1C(Cl)=C2. The van der Waals surface area contributed by atoms with Crippen LogP contribution in [0.5, 0.6) is 0 Å². The number of carboxylic acid groups (broad SMARTS) is 2. The zero-order valence-electron chi connectivity index (χ0n) is 8.34. The van der Waals surface area contributed by atoms with Crippen molar-refractivity contribution in [2.45, 2.75) is 5.60 Å². The summed E-state index contributed by atoms with van der Waals surface area (Å²) in [6, 6.07) is 0. The van der Waals surface area contributed by atoms with E-state index in [-0.39, 0.29) is 10.6 Å². The fourth-order valence-corrected chi connectivity index (χ4v) is 2.02. The molecule has 0 aliphatic heterocycles. The number of hydrogen-bond acceptors (Lipinski definition) is 4. The van der Waals surface area contributed by atoms with Crippen LogP contribution in [0.3, 0.4) is 0 Å². The van der Waals surface area contributed by atoms with Gasteiger partial charge in [0.1, 0.15) is 0 Å².